The van der Waals surface area contributed by atoms with Crippen LogP contribution in [0.1, 0.15) is 55.2 Å². The second-order valence-corrected chi connectivity index (χ2v) is 5.22. The first-order valence-electron chi connectivity index (χ1n) is 6.82. The van der Waals surface area contributed by atoms with Crippen molar-refractivity contribution in [3.8, 4) is 0 Å². The van der Waals surface area contributed by atoms with Crippen LogP contribution in [0.15, 0.2) is 0 Å². The Kier molecular flexibility index (Phi) is 4.19. The van der Waals surface area contributed by atoms with Crippen molar-refractivity contribution in [1.82, 2.24) is 15.0 Å². The molecule has 0 amide bonds. The summed E-state index contributed by atoms with van der Waals surface area (Å²) in [5.41, 5.74) is 0.324. The molecule has 1 aliphatic rings. The van der Waals surface area contributed by atoms with E-state index < -0.39 is 11.6 Å². The van der Waals surface area contributed by atoms with E-state index in [2.05, 4.69) is 10.3 Å². The van der Waals surface area contributed by atoms with Gasteiger partial charge in [-0.05, 0) is 19.3 Å². The molecule has 0 bridgehead atoms. The predicted octanol–water partition coefficient (Wildman–Crippen LogP) is 1.32. The van der Waals surface area contributed by atoms with Crippen LogP contribution in [0.3, 0.4) is 0 Å². The van der Waals surface area contributed by atoms with Crippen molar-refractivity contribution in [3.63, 3.8) is 0 Å². The summed E-state index contributed by atoms with van der Waals surface area (Å²) in [7, 11) is 1.33. The van der Waals surface area contributed by atoms with E-state index >= 15 is 0 Å². The van der Waals surface area contributed by atoms with E-state index in [-0.39, 0.29) is 5.69 Å². The number of methoxy groups -OCH3 is 1. The third kappa shape index (κ3) is 2.94. The SMILES string of the molecule is CCCc1c(C(=O)OC)nnn1CC1(O)CCCC1. The van der Waals surface area contributed by atoms with Gasteiger partial charge in [0.2, 0.25) is 0 Å². The monoisotopic (exact) mass is 267 g/mol. The smallest absolute Gasteiger partial charge is 0.360 e. The van der Waals surface area contributed by atoms with Gasteiger partial charge < -0.3 is 9.84 Å². The Labute approximate surface area is 112 Å². The zero-order valence-corrected chi connectivity index (χ0v) is 11.6. The number of rotatable bonds is 5. The number of carbonyl (C=O) groups is 1. The van der Waals surface area contributed by atoms with Crippen molar-refractivity contribution in [3.05, 3.63) is 11.4 Å². The molecule has 0 aliphatic heterocycles. The molecule has 1 fully saturated rings. The molecule has 0 aromatic carbocycles. The molecule has 1 saturated carbocycles. The largest absolute Gasteiger partial charge is 0.464 e. The van der Waals surface area contributed by atoms with Gasteiger partial charge in [-0.25, -0.2) is 9.48 Å². The van der Waals surface area contributed by atoms with Gasteiger partial charge in [0.25, 0.3) is 0 Å². The van der Waals surface area contributed by atoms with E-state index in [9.17, 15) is 9.90 Å². The minimum atomic E-state index is -0.705. The second kappa shape index (κ2) is 5.69. The third-order valence-electron chi connectivity index (χ3n) is 3.68. The molecule has 2 rings (SSSR count). The van der Waals surface area contributed by atoms with Crippen LogP contribution < -0.4 is 0 Å². The number of hydrogen-bond donors (Lipinski definition) is 1. The Morgan fingerprint density at radius 3 is 2.74 bits per heavy atom. The Balaban J connectivity index is 2.24. The topological polar surface area (TPSA) is 77.2 Å². The fraction of sp³-hybridized carbons (Fsp3) is 0.769. The normalized spacial score (nSPS) is 17.6. The molecular weight excluding hydrogens is 246 g/mol. The number of hydrogen-bond acceptors (Lipinski definition) is 5. The van der Waals surface area contributed by atoms with Crippen LogP contribution in [-0.2, 0) is 17.7 Å². The average Bonchev–Trinajstić information content (AvgIpc) is 2.98. The van der Waals surface area contributed by atoms with Crippen molar-refractivity contribution >= 4 is 5.97 Å². The maximum atomic E-state index is 11.6. The van der Waals surface area contributed by atoms with Gasteiger partial charge in [-0.1, -0.05) is 31.4 Å². The summed E-state index contributed by atoms with van der Waals surface area (Å²) in [6.07, 6.45) is 5.23. The third-order valence-corrected chi connectivity index (χ3v) is 3.68. The van der Waals surface area contributed by atoms with Crippen LogP contribution in [0.4, 0.5) is 0 Å². The van der Waals surface area contributed by atoms with Gasteiger partial charge in [0.05, 0.1) is 24.9 Å². The Hall–Kier alpha value is -1.43. The zero-order valence-electron chi connectivity index (χ0n) is 11.6. The van der Waals surface area contributed by atoms with Crippen molar-refractivity contribution < 1.29 is 14.6 Å². The van der Waals surface area contributed by atoms with Crippen LogP contribution in [-0.4, -0.2) is 38.8 Å². The highest BCUT2D eigenvalue weighted by Gasteiger charge is 2.33. The number of carbonyl (C=O) groups excluding carboxylic acids is 1. The van der Waals surface area contributed by atoms with E-state index in [0.717, 1.165) is 37.8 Å². The lowest BCUT2D eigenvalue weighted by Gasteiger charge is -2.22. The van der Waals surface area contributed by atoms with Gasteiger partial charge >= 0.3 is 5.97 Å². The number of aromatic nitrogens is 3. The van der Waals surface area contributed by atoms with Crippen LogP contribution in [0.5, 0.6) is 0 Å². The fourth-order valence-corrected chi connectivity index (χ4v) is 2.67. The molecule has 19 heavy (non-hydrogen) atoms. The maximum Gasteiger partial charge on any atom is 0.360 e. The van der Waals surface area contributed by atoms with Gasteiger partial charge in [0.1, 0.15) is 0 Å². The van der Waals surface area contributed by atoms with Crippen LogP contribution in [0.25, 0.3) is 0 Å². The summed E-state index contributed by atoms with van der Waals surface area (Å²) in [5, 5.41) is 18.4. The molecule has 0 radical (unpaired) electrons. The first-order chi connectivity index (χ1) is 9.09. The van der Waals surface area contributed by atoms with Crippen LogP contribution >= 0.6 is 0 Å². The molecule has 0 saturated heterocycles. The highest BCUT2D eigenvalue weighted by atomic mass is 16.5. The van der Waals surface area contributed by atoms with E-state index in [1.165, 1.54) is 7.11 Å². The summed E-state index contributed by atoms with van der Waals surface area (Å²) in [6, 6.07) is 0. The fourth-order valence-electron chi connectivity index (χ4n) is 2.67. The van der Waals surface area contributed by atoms with E-state index in [1.807, 2.05) is 6.92 Å². The first-order valence-corrected chi connectivity index (χ1v) is 6.82. The highest BCUT2D eigenvalue weighted by molar-refractivity contribution is 5.88. The molecule has 0 unspecified atom stereocenters. The minimum absolute atomic E-state index is 0.269. The number of nitrogens with zero attached hydrogens (tertiary/aromatic N) is 3. The zero-order chi connectivity index (χ0) is 13.9. The standard InChI is InChI=1S/C13H21N3O3/c1-3-6-10-11(12(17)19-2)14-15-16(10)9-13(18)7-4-5-8-13/h18H,3-9H2,1-2H3. The van der Waals surface area contributed by atoms with E-state index in [4.69, 9.17) is 4.74 Å². The predicted molar refractivity (Wildman–Crippen MR) is 68.8 cm³/mol. The average molecular weight is 267 g/mol. The summed E-state index contributed by atoms with van der Waals surface area (Å²) in [5.74, 6) is -0.465. The molecule has 106 valence electrons. The van der Waals surface area contributed by atoms with E-state index in [0.29, 0.717) is 13.0 Å². The van der Waals surface area contributed by atoms with Crippen molar-refractivity contribution in [2.45, 2.75) is 57.6 Å². The molecule has 1 N–H and O–H groups in total. The Morgan fingerprint density at radius 1 is 1.47 bits per heavy atom. The summed E-state index contributed by atoms with van der Waals surface area (Å²) < 4.78 is 6.38. The Morgan fingerprint density at radius 2 is 2.16 bits per heavy atom. The molecule has 0 spiro atoms. The van der Waals surface area contributed by atoms with Gasteiger partial charge in [-0.15, -0.1) is 5.10 Å². The summed E-state index contributed by atoms with van der Waals surface area (Å²) in [6.45, 7) is 2.44. The highest BCUT2D eigenvalue weighted by Crippen LogP contribution is 2.31. The van der Waals surface area contributed by atoms with Gasteiger partial charge in [-0.2, -0.15) is 0 Å². The molecular formula is C13H21N3O3. The van der Waals surface area contributed by atoms with Crippen LogP contribution in [0.2, 0.25) is 0 Å². The van der Waals surface area contributed by atoms with Crippen molar-refractivity contribution in [2.24, 2.45) is 0 Å². The lowest BCUT2D eigenvalue weighted by molar-refractivity contribution is 0.0251. The number of ether oxygens (including phenoxy) is 1. The molecule has 0 atom stereocenters. The summed E-state index contributed by atoms with van der Waals surface area (Å²) >= 11 is 0. The minimum Gasteiger partial charge on any atom is -0.464 e. The maximum absolute atomic E-state index is 11.6. The molecule has 1 aromatic rings. The van der Waals surface area contributed by atoms with Gasteiger partial charge in [-0.3, -0.25) is 0 Å². The Bertz CT molecular complexity index is 450. The lowest BCUT2D eigenvalue weighted by atomic mass is 10.0. The lowest BCUT2D eigenvalue weighted by Crippen LogP contribution is -2.32. The van der Waals surface area contributed by atoms with Gasteiger partial charge in [0, 0.05) is 0 Å². The van der Waals surface area contributed by atoms with E-state index in [1.54, 1.807) is 4.68 Å². The summed E-state index contributed by atoms with van der Waals surface area (Å²) in [4.78, 5) is 11.6. The second-order valence-electron chi connectivity index (χ2n) is 5.22. The van der Waals surface area contributed by atoms with Crippen LogP contribution in [0, 0.1) is 0 Å². The molecule has 1 aliphatic carbocycles. The van der Waals surface area contributed by atoms with Crippen molar-refractivity contribution in [1.29, 1.82) is 0 Å². The molecule has 6 nitrogen and oxygen atoms in total. The number of aliphatic hydroxyl groups is 1. The number of esters is 1. The molecule has 6 heteroatoms. The van der Waals surface area contributed by atoms with Gasteiger partial charge in [0.15, 0.2) is 5.69 Å². The van der Waals surface area contributed by atoms with Crippen molar-refractivity contribution in [2.75, 3.05) is 7.11 Å². The quantitative estimate of drug-likeness (QED) is 0.814. The first kappa shape index (κ1) is 14.0. The molecule has 1 aromatic heterocycles. The molecule has 1 heterocycles.